The van der Waals surface area contributed by atoms with E-state index in [0.717, 1.165) is 0 Å². The number of halogens is 2. The van der Waals surface area contributed by atoms with E-state index in [1.54, 1.807) is 6.07 Å². The van der Waals surface area contributed by atoms with Gasteiger partial charge in [0, 0.05) is 4.47 Å². The van der Waals surface area contributed by atoms with E-state index in [1.807, 2.05) is 0 Å². The zero-order chi connectivity index (χ0) is 10.0. The molecule has 0 saturated carbocycles. The van der Waals surface area contributed by atoms with Gasteiger partial charge in [-0.3, -0.25) is 4.79 Å². The first-order valence-corrected chi connectivity index (χ1v) is 4.05. The van der Waals surface area contributed by atoms with Crippen molar-refractivity contribution in [2.75, 3.05) is 0 Å². The van der Waals surface area contributed by atoms with E-state index in [1.165, 1.54) is 12.1 Å². The summed E-state index contributed by atoms with van der Waals surface area (Å²) in [6.45, 7) is 0. The van der Waals surface area contributed by atoms with Crippen LogP contribution in [0.1, 0.15) is 15.9 Å². The van der Waals surface area contributed by atoms with Crippen molar-refractivity contribution in [3.8, 4) is 6.07 Å². The van der Waals surface area contributed by atoms with Crippen LogP contribution in [0.4, 0.5) is 4.39 Å². The molecule has 0 aliphatic rings. The molecule has 0 aromatic heterocycles. The molecule has 5 heteroatoms. The molecule has 66 valence electrons. The molecule has 3 nitrogen and oxygen atoms in total. The van der Waals surface area contributed by atoms with Crippen molar-refractivity contribution in [3.05, 3.63) is 33.5 Å². The zero-order valence-corrected chi connectivity index (χ0v) is 7.93. The summed E-state index contributed by atoms with van der Waals surface area (Å²) in [7, 11) is 0. The van der Waals surface area contributed by atoms with E-state index < -0.39 is 11.7 Å². The third-order valence-electron chi connectivity index (χ3n) is 1.46. The molecule has 0 saturated heterocycles. The lowest BCUT2D eigenvalue weighted by atomic mass is 10.1. The second-order valence-corrected chi connectivity index (χ2v) is 3.11. The number of nitriles is 1. The Kier molecular flexibility index (Phi) is 2.63. The first-order valence-electron chi connectivity index (χ1n) is 3.26. The molecule has 13 heavy (non-hydrogen) atoms. The minimum absolute atomic E-state index is 0.197. The van der Waals surface area contributed by atoms with Crippen molar-refractivity contribution in [1.29, 1.82) is 5.26 Å². The number of hydrogen-bond donors (Lipinski definition) is 1. The summed E-state index contributed by atoms with van der Waals surface area (Å²) in [6.07, 6.45) is 0. The van der Waals surface area contributed by atoms with Gasteiger partial charge in [-0.25, -0.2) is 4.39 Å². The lowest BCUT2D eigenvalue weighted by Gasteiger charge is -2.02. The van der Waals surface area contributed by atoms with Crippen LogP contribution in [0.5, 0.6) is 0 Å². The average Bonchev–Trinajstić information content (AvgIpc) is 2.04. The fourth-order valence-electron chi connectivity index (χ4n) is 0.865. The molecular weight excluding hydrogens is 239 g/mol. The number of nitrogens with two attached hydrogens (primary N) is 1. The highest BCUT2D eigenvalue weighted by atomic mass is 79.9. The number of carbonyl (C=O) groups is 1. The Morgan fingerprint density at radius 3 is 2.69 bits per heavy atom. The van der Waals surface area contributed by atoms with E-state index in [2.05, 4.69) is 15.9 Å². The SMILES string of the molecule is N#Cc1ccc(Br)c(C(N)=O)c1F. The smallest absolute Gasteiger partial charge is 0.252 e. The fourth-order valence-corrected chi connectivity index (χ4v) is 1.37. The van der Waals surface area contributed by atoms with Crippen LogP contribution in [0, 0.1) is 17.1 Å². The van der Waals surface area contributed by atoms with Crippen LogP contribution in [-0.4, -0.2) is 5.91 Å². The molecular formula is C8H4BrFN2O. The molecule has 1 aromatic rings. The highest BCUT2D eigenvalue weighted by Crippen LogP contribution is 2.21. The van der Waals surface area contributed by atoms with E-state index in [4.69, 9.17) is 11.0 Å². The molecule has 0 aliphatic carbocycles. The van der Waals surface area contributed by atoms with Crippen LogP contribution in [-0.2, 0) is 0 Å². The van der Waals surface area contributed by atoms with E-state index in [-0.39, 0.29) is 15.6 Å². The van der Waals surface area contributed by atoms with Crippen LogP contribution >= 0.6 is 15.9 Å². The van der Waals surface area contributed by atoms with Crippen molar-refractivity contribution >= 4 is 21.8 Å². The Hall–Kier alpha value is -1.41. The maximum absolute atomic E-state index is 13.2. The largest absolute Gasteiger partial charge is 0.365 e. The number of benzene rings is 1. The summed E-state index contributed by atoms with van der Waals surface area (Å²) in [5, 5.41) is 8.46. The van der Waals surface area contributed by atoms with Crippen molar-refractivity contribution in [1.82, 2.24) is 0 Å². The third-order valence-corrected chi connectivity index (χ3v) is 2.12. The van der Waals surface area contributed by atoms with Gasteiger partial charge < -0.3 is 5.73 Å². The highest BCUT2D eigenvalue weighted by Gasteiger charge is 2.15. The van der Waals surface area contributed by atoms with Crippen LogP contribution in [0.3, 0.4) is 0 Å². The van der Waals surface area contributed by atoms with Crippen LogP contribution in [0.25, 0.3) is 0 Å². The first-order chi connectivity index (χ1) is 6.07. The Morgan fingerprint density at radius 1 is 1.62 bits per heavy atom. The number of primary amides is 1. The molecule has 0 fully saturated rings. The summed E-state index contributed by atoms with van der Waals surface area (Å²) in [5.41, 5.74) is 4.43. The second-order valence-electron chi connectivity index (χ2n) is 2.26. The Balaban J connectivity index is 3.50. The maximum Gasteiger partial charge on any atom is 0.252 e. The summed E-state index contributed by atoms with van der Waals surface area (Å²) in [5.74, 6) is -1.79. The second kappa shape index (κ2) is 3.54. The molecule has 0 aliphatic heterocycles. The van der Waals surface area contributed by atoms with Gasteiger partial charge >= 0.3 is 0 Å². The molecule has 0 radical (unpaired) electrons. The standard InChI is InChI=1S/C8H4BrFN2O/c9-5-2-1-4(3-11)7(10)6(5)8(12)13/h1-2H,(H2,12,13). The molecule has 1 rings (SSSR count). The summed E-state index contributed by atoms with van der Waals surface area (Å²) < 4.78 is 13.5. The minimum Gasteiger partial charge on any atom is -0.365 e. The van der Waals surface area contributed by atoms with Crippen molar-refractivity contribution < 1.29 is 9.18 Å². The van der Waals surface area contributed by atoms with E-state index in [0.29, 0.717) is 0 Å². The van der Waals surface area contributed by atoms with Crippen LogP contribution in [0.15, 0.2) is 16.6 Å². The Morgan fingerprint density at radius 2 is 2.23 bits per heavy atom. The monoisotopic (exact) mass is 242 g/mol. The lowest BCUT2D eigenvalue weighted by Crippen LogP contribution is -2.14. The minimum atomic E-state index is -0.901. The molecule has 1 amide bonds. The van der Waals surface area contributed by atoms with Crippen molar-refractivity contribution in [2.24, 2.45) is 5.73 Å². The van der Waals surface area contributed by atoms with Gasteiger partial charge in [0.05, 0.1) is 11.1 Å². The third kappa shape index (κ3) is 1.68. The summed E-state index contributed by atoms with van der Waals surface area (Å²) in [6, 6.07) is 4.29. The predicted molar refractivity (Wildman–Crippen MR) is 47.3 cm³/mol. The van der Waals surface area contributed by atoms with Crippen molar-refractivity contribution in [2.45, 2.75) is 0 Å². The number of rotatable bonds is 1. The quantitative estimate of drug-likeness (QED) is 0.813. The summed E-state index contributed by atoms with van der Waals surface area (Å²) in [4.78, 5) is 10.8. The van der Waals surface area contributed by atoms with E-state index >= 15 is 0 Å². The molecule has 2 N–H and O–H groups in total. The van der Waals surface area contributed by atoms with Crippen LogP contribution < -0.4 is 5.73 Å². The number of nitrogens with zero attached hydrogens (tertiary/aromatic N) is 1. The zero-order valence-electron chi connectivity index (χ0n) is 6.34. The van der Waals surface area contributed by atoms with Crippen molar-refractivity contribution in [3.63, 3.8) is 0 Å². The average molecular weight is 243 g/mol. The van der Waals surface area contributed by atoms with E-state index in [9.17, 15) is 9.18 Å². The molecule has 0 unspecified atom stereocenters. The first kappa shape index (κ1) is 9.68. The van der Waals surface area contributed by atoms with Gasteiger partial charge in [-0.1, -0.05) is 0 Å². The molecule has 1 aromatic carbocycles. The lowest BCUT2D eigenvalue weighted by molar-refractivity contribution is 0.0995. The number of hydrogen-bond acceptors (Lipinski definition) is 2. The molecule has 0 atom stereocenters. The van der Waals surface area contributed by atoms with Gasteiger partial charge in [0.2, 0.25) is 0 Å². The normalized spacial score (nSPS) is 9.31. The topological polar surface area (TPSA) is 66.9 Å². The molecule has 0 spiro atoms. The Bertz CT molecular complexity index is 411. The molecule has 0 heterocycles. The fraction of sp³-hybridized carbons (Fsp3) is 0. The van der Waals surface area contributed by atoms with Gasteiger partial charge in [-0.15, -0.1) is 0 Å². The summed E-state index contributed by atoms with van der Waals surface area (Å²) >= 11 is 2.96. The Labute approximate surface area is 82.1 Å². The van der Waals surface area contributed by atoms with Gasteiger partial charge in [0.25, 0.3) is 5.91 Å². The van der Waals surface area contributed by atoms with Crippen LogP contribution in [0.2, 0.25) is 0 Å². The van der Waals surface area contributed by atoms with Gasteiger partial charge in [-0.2, -0.15) is 5.26 Å². The maximum atomic E-state index is 13.2. The number of amides is 1. The van der Waals surface area contributed by atoms with Gasteiger partial charge in [0.15, 0.2) is 5.82 Å². The number of carbonyl (C=O) groups excluding carboxylic acids is 1. The predicted octanol–water partition coefficient (Wildman–Crippen LogP) is 1.56. The van der Waals surface area contributed by atoms with Gasteiger partial charge in [0.1, 0.15) is 6.07 Å². The highest BCUT2D eigenvalue weighted by molar-refractivity contribution is 9.10. The molecule has 0 bridgehead atoms. The van der Waals surface area contributed by atoms with Gasteiger partial charge in [-0.05, 0) is 28.1 Å².